The van der Waals surface area contributed by atoms with Gasteiger partial charge in [-0.3, -0.25) is 0 Å². The first-order valence-electron chi connectivity index (χ1n) is 7.26. The van der Waals surface area contributed by atoms with Gasteiger partial charge in [-0.05, 0) is 52.2 Å². The second kappa shape index (κ2) is 5.62. The van der Waals surface area contributed by atoms with Crippen LogP contribution in [-0.4, -0.2) is 20.2 Å². The van der Waals surface area contributed by atoms with Crippen molar-refractivity contribution in [3.05, 3.63) is 70.5 Å². The van der Waals surface area contributed by atoms with Gasteiger partial charge >= 0.3 is 0 Å². The van der Waals surface area contributed by atoms with Gasteiger partial charge in [0.15, 0.2) is 0 Å². The second-order valence-electron chi connectivity index (χ2n) is 5.50. The first-order chi connectivity index (χ1) is 11.2. The van der Waals surface area contributed by atoms with E-state index in [0.717, 1.165) is 11.1 Å². The molecule has 1 aliphatic heterocycles. The molecule has 116 valence electrons. The summed E-state index contributed by atoms with van der Waals surface area (Å²) >= 11 is 5.96. The van der Waals surface area contributed by atoms with Crippen LogP contribution in [0.5, 0.6) is 0 Å². The van der Waals surface area contributed by atoms with Crippen LogP contribution in [0.2, 0.25) is 5.02 Å². The van der Waals surface area contributed by atoms with Crippen molar-refractivity contribution < 1.29 is 4.39 Å². The molecule has 1 N–H and O–H groups in total. The van der Waals surface area contributed by atoms with Crippen LogP contribution in [-0.2, 0) is 0 Å². The highest BCUT2D eigenvalue weighted by Crippen LogP contribution is 2.37. The molecule has 0 saturated carbocycles. The zero-order chi connectivity index (χ0) is 15.8. The van der Waals surface area contributed by atoms with Crippen molar-refractivity contribution in [2.75, 3.05) is 5.32 Å². The molecule has 23 heavy (non-hydrogen) atoms. The maximum Gasteiger partial charge on any atom is 0.243 e. The quantitative estimate of drug-likeness (QED) is 0.780. The van der Waals surface area contributed by atoms with E-state index in [1.54, 1.807) is 10.7 Å². The van der Waals surface area contributed by atoms with Crippen molar-refractivity contribution in [1.29, 1.82) is 0 Å². The molecule has 0 radical (unpaired) electrons. The van der Waals surface area contributed by atoms with Gasteiger partial charge in [0.2, 0.25) is 5.95 Å². The number of halogens is 2. The van der Waals surface area contributed by atoms with Crippen LogP contribution in [0.1, 0.15) is 29.6 Å². The normalized spacial score (nSPS) is 19.9. The van der Waals surface area contributed by atoms with E-state index in [2.05, 4.69) is 20.8 Å². The standard InChI is InChI=1S/C16H13ClFN5/c17-12-6-4-10(5-7-12)14-9-15(11-2-1-3-13(18)8-11)23-16(19-14)20-21-22-23/h1-8,14-15H,9H2,(H,19,20,22). The summed E-state index contributed by atoms with van der Waals surface area (Å²) < 4.78 is 15.3. The van der Waals surface area contributed by atoms with E-state index < -0.39 is 0 Å². The van der Waals surface area contributed by atoms with Crippen LogP contribution in [0.4, 0.5) is 10.3 Å². The molecular formula is C16H13ClFN5. The van der Waals surface area contributed by atoms with E-state index in [4.69, 9.17) is 11.6 Å². The van der Waals surface area contributed by atoms with Gasteiger partial charge in [-0.1, -0.05) is 41.0 Å². The van der Waals surface area contributed by atoms with Crippen LogP contribution in [0, 0.1) is 5.82 Å². The molecule has 7 heteroatoms. The van der Waals surface area contributed by atoms with Gasteiger partial charge in [0.05, 0.1) is 12.1 Å². The number of rotatable bonds is 2. The Morgan fingerprint density at radius 3 is 2.74 bits per heavy atom. The molecular weight excluding hydrogens is 317 g/mol. The smallest absolute Gasteiger partial charge is 0.243 e. The Morgan fingerprint density at radius 2 is 1.96 bits per heavy atom. The van der Waals surface area contributed by atoms with Crippen LogP contribution in [0.15, 0.2) is 48.5 Å². The molecule has 0 fully saturated rings. The third-order valence-electron chi connectivity index (χ3n) is 4.06. The summed E-state index contributed by atoms with van der Waals surface area (Å²) in [6.45, 7) is 0. The van der Waals surface area contributed by atoms with Crippen molar-refractivity contribution in [3.8, 4) is 0 Å². The van der Waals surface area contributed by atoms with E-state index in [1.165, 1.54) is 12.1 Å². The number of fused-ring (bicyclic) bond motifs is 1. The molecule has 0 amide bonds. The summed E-state index contributed by atoms with van der Waals surface area (Å²) in [6, 6.07) is 14.1. The van der Waals surface area contributed by atoms with E-state index in [1.807, 2.05) is 30.3 Å². The molecule has 0 saturated heterocycles. The molecule has 0 spiro atoms. The molecule has 1 aromatic heterocycles. The number of hydrogen-bond acceptors (Lipinski definition) is 4. The molecule has 2 atom stereocenters. The highest BCUT2D eigenvalue weighted by molar-refractivity contribution is 6.30. The molecule has 0 bridgehead atoms. The lowest BCUT2D eigenvalue weighted by Crippen LogP contribution is -2.28. The maximum absolute atomic E-state index is 13.6. The Kier molecular flexibility index (Phi) is 3.46. The fourth-order valence-electron chi connectivity index (χ4n) is 2.94. The predicted molar refractivity (Wildman–Crippen MR) is 84.8 cm³/mol. The fraction of sp³-hybridized carbons (Fsp3) is 0.188. The average Bonchev–Trinajstić information content (AvgIpc) is 3.03. The van der Waals surface area contributed by atoms with Crippen molar-refractivity contribution in [1.82, 2.24) is 20.2 Å². The summed E-state index contributed by atoms with van der Waals surface area (Å²) in [6.07, 6.45) is 0.711. The monoisotopic (exact) mass is 329 g/mol. The summed E-state index contributed by atoms with van der Waals surface area (Å²) in [5.74, 6) is 0.309. The van der Waals surface area contributed by atoms with E-state index in [-0.39, 0.29) is 17.9 Å². The molecule has 2 unspecified atom stereocenters. The van der Waals surface area contributed by atoms with Crippen molar-refractivity contribution in [2.24, 2.45) is 0 Å². The molecule has 2 aromatic carbocycles. The van der Waals surface area contributed by atoms with Crippen LogP contribution in [0.25, 0.3) is 0 Å². The molecule has 4 rings (SSSR count). The first kappa shape index (κ1) is 14.1. The van der Waals surface area contributed by atoms with Crippen LogP contribution < -0.4 is 5.32 Å². The summed E-state index contributed by atoms with van der Waals surface area (Å²) in [4.78, 5) is 0. The maximum atomic E-state index is 13.6. The van der Waals surface area contributed by atoms with E-state index in [0.29, 0.717) is 17.4 Å². The predicted octanol–water partition coefficient (Wildman–Crippen LogP) is 3.61. The number of anilines is 1. The van der Waals surface area contributed by atoms with Gasteiger partial charge in [0, 0.05) is 5.02 Å². The molecule has 5 nitrogen and oxygen atoms in total. The Balaban J connectivity index is 1.73. The SMILES string of the molecule is Fc1cccc(C2CC(c3ccc(Cl)cc3)Nc3nnnn32)c1. The zero-order valence-electron chi connectivity index (χ0n) is 12.0. The van der Waals surface area contributed by atoms with Gasteiger partial charge in [0.1, 0.15) is 5.82 Å². The van der Waals surface area contributed by atoms with Crippen molar-refractivity contribution >= 4 is 17.5 Å². The summed E-state index contributed by atoms with van der Waals surface area (Å²) in [5, 5.41) is 15.8. The van der Waals surface area contributed by atoms with Gasteiger partial charge in [0.25, 0.3) is 0 Å². The summed E-state index contributed by atoms with van der Waals surface area (Å²) in [7, 11) is 0. The average molecular weight is 330 g/mol. The largest absolute Gasteiger partial charge is 0.346 e. The van der Waals surface area contributed by atoms with Gasteiger partial charge in [-0.15, -0.1) is 0 Å². The van der Waals surface area contributed by atoms with E-state index in [9.17, 15) is 4.39 Å². The van der Waals surface area contributed by atoms with Crippen molar-refractivity contribution in [3.63, 3.8) is 0 Å². The minimum absolute atomic E-state index is 0.0269. The molecule has 2 heterocycles. The number of nitrogens with zero attached hydrogens (tertiary/aromatic N) is 4. The minimum Gasteiger partial charge on any atom is -0.346 e. The highest BCUT2D eigenvalue weighted by Gasteiger charge is 2.30. The lowest BCUT2D eigenvalue weighted by atomic mass is 9.93. The lowest BCUT2D eigenvalue weighted by Gasteiger charge is -2.31. The minimum atomic E-state index is -0.265. The van der Waals surface area contributed by atoms with Crippen LogP contribution >= 0.6 is 11.6 Å². The number of tetrazole rings is 1. The first-order valence-corrected chi connectivity index (χ1v) is 7.64. The number of aromatic nitrogens is 4. The Labute approximate surface area is 137 Å². The number of hydrogen-bond donors (Lipinski definition) is 1. The Bertz CT molecular complexity index is 832. The van der Waals surface area contributed by atoms with Crippen LogP contribution in [0.3, 0.4) is 0 Å². The fourth-order valence-corrected chi connectivity index (χ4v) is 3.07. The van der Waals surface area contributed by atoms with E-state index >= 15 is 0 Å². The van der Waals surface area contributed by atoms with Gasteiger partial charge in [-0.2, -0.15) is 0 Å². The van der Waals surface area contributed by atoms with Gasteiger partial charge < -0.3 is 5.32 Å². The third kappa shape index (κ3) is 2.66. The molecule has 1 aliphatic rings. The number of benzene rings is 2. The number of nitrogens with one attached hydrogen (secondary N) is 1. The second-order valence-corrected chi connectivity index (χ2v) is 5.94. The van der Waals surface area contributed by atoms with Crippen molar-refractivity contribution in [2.45, 2.75) is 18.5 Å². The Morgan fingerprint density at radius 1 is 1.13 bits per heavy atom. The molecule has 3 aromatic rings. The Hall–Kier alpha value is -2.47. The third-order valence-corrected chi connectivity index (χ3v) is 4.31. The lowest BCUT2D eigenvalue weighted by molar-refractivity contribution is 0.422. The van der Waals surface area contributed by atoms with Gasteiger partial charge in [-0.25, -0.2) is 9.07 Å². The zero-order valence-corrected chi connectivity index (χ0v) is 12.8. The highest BCUT2D eigenvalue weighted by atomic mass is 35.5. The topological polar surface area (TPSA) is 55.6 Å². The summed E-state index contributed by atoms with van der Waals surface area (Å²) in [5.41, 5.74) is 1.93. The molecule has 0 aliphatic carbocycles.